The Labute approximate surface area is 183 Å². The maximum absolute atomic E-state index is 13.7. The molecule has 9 heteroatoms. The third-order valence-electron chi connectivity index (χ3n) is 4.37. The lowest BCUT2D eigenvalue weighted by Gasteiger charge is -2.10. The Morgan fingerprint density at radius 3 is 2.65 bits per heavy atom. The molecule has 0 aliphatic heterocycles. The highest BCUT2D eigenvalue weighted by atomic mass is 32.2. The maximum atomic E-state index is 13.7. The van der Waals surface area contributed by atoms with Gasteiger partial charge in [0.15, 0.2) is 5.16 Å². The molecule has 0 bridgehead atoms. The van der Waals surface area contributed by atoms with E-state index >= 15 is 0 Å². The van der Waals surface area contributed by atoms with Gasteiger partial charge in [0.05, 0.1) is 11.4 Å². The lowest BCUT2D eigenvalue weighted by molar-refractivity contribution is -0.113. The number of unbranched alkanes of at least 4 members (excludes halogenated alkanes) is 1. The molecule has 31 heavy (non-hydrogen) atoms. The first-order chi connectivity index (χ1) is 15.0. The lowest BCUT2D eigenvalue weighted by Crippen LogP contribution is -2.24. The summed E-state index contributed by atoms with van der Waals surface area (Å²) >= 11 is 1.15. The second-order valence-corrected chi connectivity index (χ2v) is 7.64. The van der Waals surface area contributed by atoms with Gasteiger partial charge in [-0.05, 0) is 42.8 Å². The molecule has 0 unspecified atom stereocenters. The summed E-state index contributed by atoms with van der Waals surface area (Å²) in [5.41, 5.74) is 1.13. The molecule has 0 saturated heterocycles. The molecule has 0 aliphatic carbocycles. The van der Waals surface area contributed by atoms with Gasteiger partial charge in [0.1, 0.15) is 11.6 Å². The van der Waals surface area contributed by atoms with Gasteiger partial charge in [0, 0.05) is 36.3 Å². The number of nitrogens with one attached hydrogen (secondary N) is 2. The van der Waals surface area contributed by atoms with Crippen molar-refractivity contribution in [3.63, 3.8) is 0 Å². The zero-order valence-electron chi connectivity index (χ0n) is 16.9. The van der Waals surface area contributed by atoms with E-state index < -0.39 is 17.5 Å². The van der Waals surface area contributed by atoms with Gasteiger partial charge < -0.3 is 10.6 Å². The molecule has 0 fully saturated rings. The third kappa shape index (κ3) is 6.14. The van der Waals surface area contributed by atoms with Crippen molar-refractivity contribution in [1.29, 1.82) is 0 Å². The number of amides is 2. The third-order valence-corrected chi connectivity index (χ3v) is 5.33. The van der Waals surface area contributed by atoms with Crippen LogP contribution in [0.15, 0.2) is 60.0 Å². The summed E-state index contributed by atoms with van der Waals surface area (Å²) in [6.45, 7) is 2.70. The Bertz CT molecular complexity index is 1050. The Morgan fingerprint density at radius 2 is 1.90 bits per heavy atom. The van der Waals surface area contributed by atoms with E-state index in [4.69, 9.17) is 0 Å². The van der Waals surface area contributed by atoms with Crippen LogP contribution in [0.25, 0.3) is 5.69 Å². The molecule has 1 heterocycles. The van der Waals surface area contributed by atoms with Crippen molar-refractivity contribution in [2.24, 2.45) is 0 Å². The van der Waals surface area contributed by atoms with Gasteiger partial charge in [-0.1, -0.05) is 25.1 Å². The SMILES string of the molecule is CCCCNC(=O)c1ccc(-n2ccnc2SCC(=O)Nc2cc(F)ccc2F)cc1. The topological polar surface area (TPSA) is 76.0 Å². The molecule has 0 radical (unpaired) electrons. The zero-order chi connectivity index (χ0) is 22.2. The molecule has 2 aromatic carbocycles. The minimum absolute atomic E-state index is 0.0368. The number of hydrogen-bond acceptors (Lipinski definition) is 4. The lowest BCUT2D eigenvalue weighted by atomic mass is 10.2. The summed E-state index contributed by atoms with van der Waals surface area (Å²) in [5, 5.41) is 5.78. The van der Waals surface area contributed by atoms with Crippen LogP contribution in [0.5, 0.6) is 0 Å². The van der Waals surface area contributed by atoms with Crippen LogP contribution in [0.4, 0.5) is 14.5 Å². The molecular formula is C22H22F2N4O2S. The number of rotatable bonds is 9. The minimum atomic E-state index is -0.708. The van der Waals surface area contributed by atoms with Crippen LogP contribution in [-0.4, -0.2) is 33.7 Å². The molecule has 3 rings (SSSR count). The Balaban J connectivity index is 1.61. The van der Waals surface area contributed by atoms with Crippen LogP contribution >= 0.6 is 11.8 Å². The van der Waals surface area contributed by atoms with Gasteiger partial charge in [-0.15, -0.1) is 0 Å². The van der Waals surface area contributed by atoms with Crippen molar-refractivity contribution in [2.75, 3.05) is 17.6 Å². The van der Waals surface area contributed by atoms with Gasteiger partial charge >= 0.3 is 0 Å². The predicted octanol–water partition coefficient (Wildman–Crippen LogP) is 4.41. The summed E-state index contributed by atoms with van der Waals surface area (Å²) in [4.78, 5) is 28.5. The summed E-state index contributed by atoms with van der Waals surface area (Å²) in [5.74, 6) is -1.99. The number of thioether (sulfide) groups is 1. The largest absolute Gasteiger partial charge is 0.352 e. The highest BCUT2D eigenvalue weighted by Crippen LogP contribution is 2.22. The Morgan fingerprint density at radius 1 is 1.13 bits per heavy atom. The summed E-state index contributed by atoms with van der Waals surface area (Å²) in [7, 11) is 0. The molecule has 162 valence electrons. The average molecular weight is 445 g/mol. The number of halogens is 2. The predicted molar refractivity (Wildman–Crippen MR) is 117 cm³/mol. The van der Waals surface area contributed by atoms with Gasteiger partial charge in [-0.2, -0.15) is 0 Å². The van der Waals surface area contributed by atoms with Crippen molar-refractivity contribution in [2.45, 2.75) is 24.9 Å². The van der Waals surface area contributed by atoms with Crippen LogP contribution in [0.3, 0.4) is 0 Å². The Hall–Kier alpha value is -3.20. The number of imidazole rings is 1. The molecule has 3 aromatic rings. The number of carbonyl (C=O) groups is 2. The number of hydrogen-bond donors (Lipinski definition) is 2. The van der Waals surface area contributed by atoms with E-state index in [-0.39, 0.29) is 17.3 Å². The molecule has 0 spiro atoms. The summed E-state index contributed by atoms with van der Waals surface area (Å²) in [6, 6.07) is 9.91. The van der Waals surface area contributed by atoms with E-state index in [2.05, 4.69) is 22.5 Å². The minimum Gasteiger partial charge on any atom is -0.352 e. The second-order valence-electron chi connectivity index (χ2n) is 6.70. The van der Waals surface area contributed by atoms with E-state index in [0.29, 0.717) is 17.3 Å². The van der Waals surface area contributed by atoms with E-state index in [9.17, 15) is 18.4 Å². The van der Waals surface area contributed by atoms with Gasteiger partial charge in [0.25, 0.3) is 5.91 Å². The molecule has 2 N–H and O–H groups in total. The second kappa shape index (κ2) is 10.7. The fraction of sp³-hybridized carbons (Fsp3) is 0.227. The first-order valence-electron chi connectivity index (χ1n) is 9.77. The molecule has 2 amide bonds. The normalized spacial score (nSPS) is 10.7. The zero-order valence-corrected chi connectivity index (χ0v) is 17.7. The maximum Gasteiger partial charge on any atom is 0.251 e. The molecule has 1 aromatic heterocycles. The van der Waals surface area contributed by atoms with Crippen molar-refractivity contribution in [3.8, 4) is 5.69 Å². The summed E-state index contributed by atoms with van der Waals surface area (Å²) in [6.07, 6.45) is 5.27. The number of benzene rings is 2. The monoisotopic (exact) mass is 444 g/mol. The van der Waals surface area contributed by atoms with Crippen molar-refractivity contribution in [1.82, 2.24) is 14.9 Å². The van der Waals surface area contributed by atoms with Crippen molar-refractivity contribution < 1.29 is 18.4 Å². The van der Waals surface area contributed by atoms with E-state index in [1.807, 2.05) is 0 Å². The first-order valence-corrected chi connectivity index (χ1v) is 10.8. The van der Waals surface area contributed by atoms with Gasteiger partial charge in [0.2, 0.25) is 5.91 Å². The Kier molecular flexibility index (Phi) is 7.77. The van der Waals surface area contributed by atoms with Crippen LogP contribution in [0, 0.1) is 11.6 Å². The highest BCUT2D eigenvalue weighted by molar-refractivity contribution is 7.99. The number of carbonyl (C=O) groups excluding carboxylic acids is 2. The molecule has 0 atom stereocenters. The van der Waals surface area contributed by atoms with Gasteiger partial charge in [-0.3, -0.25) is 14.2 Å². The quantitative estimate of drug-likeness (QED) is 0.379. The number of nitrogens with zero attached hydrogens (tertiary/aromatic N) is 2. The van der Waals surface area contributed by atoms with Crippen LogP contribution in [-0.2, 0) is 4.79 Å². The average Bonchev–Trinajstić information content (AvgIpc) is 3.24. The summed E-state index contributed by atoms with van der Waals surface area (Å²) < 4.78 is 28.7. The fourth-order valence-corrected chi connectivity index (χ4v) is 3.53. The smallest absolute Gasteiger partial charge is 0.251 e. The number of aromatic nitrogens is 2. The van der Waals surface area contributed by atoms with E-state index in [1.54, 1.807) is 41.2 Å². The standard InChI is InChI=1S/C22H22F2N4O2S/c1-2-3-10-25-21(30)15-4-7-17(8-5-15)28-12-11-26-22(28)31-14-20(29)27-19-13-16(23)6-9-18(19)24/h4-9,11-13H,2-3,10,14H2,1H3,(H,25,30)(H,27,29). The fourth-order valence-electron chi connectivity index (χ4n) is 2.76. The van der Waals surface area contributed by atoms with Crippen LogP contribution in [0.1, 0.15) is 30.1 Å². The first kappa shape index (κ1) is 22.5. The molecule has 0 saturated carbocycles. The molecular weight excluding hydrogens is 422 g/mol. The van der Waals surface area contributed by atoms with Crippen molar-refractivity contribution in [3.05, 3.63) is 72.1 Å². The van der Waals surface area contributed by atoms with Crippen LogP contribution in [0.2, 0.25) is 0 Å². The molecule has 6 nitrogen and oxygen atoms in total. The van der Waals surface area contributed by atoms with Crippen molar-refractivity contribution >= 4 is 29.3 Å². The van der Waals surface area contributed by atoms with Crippen LogP contribution < -0.4 is 10.6 Å². The highest BCUT2D eigenvalue weighted by Gasteiger charge is 2.12. The van der Waals surface area contributed by atoms with Gasteiger partial charge in [-0.25, -0.2) is 13.8 Å². The number of anilines is 1. The van der Waals surface area contributed by atoms with E-state index in [0.717, 1.165) is 48.5 Å². The van der Waals surface area contributed by atoms with E-state index in [1.165, 1.54) is 0 Å². The molecule has 0 aliphatic rings.